The number of furan rings is 1. The molecule has 1 aromatic carbocycles. The van der Waals surface area contributed by atoms with E-state index in [-0.39, 0.29) is 0 Å². The lowest BCUT2D eigenvalue weighted by Gasteiger charge is -2.20. The molecule has 26 heavy (non-hydrogen) atoms. The Morgan fingerprint density at radius 3 is 2.65 bits per heavy atom. The van der Waals surface area contributed by atoms with Crippen molar-refractivity contribution in [1.29, 1.82) is 0 Å². The molecule has 0 radical (unpaired) electrons. The summed E-state index contributed by atoms with van der Waals surface area (Å²) in [7, 11) is 1.71. The molecule has 0 N–H and O–H groups in total. The summed E-state index contributed by atoms with van der Waals surface area (Å²) in [6.45, 7) is 5.51. The Morgan fingerprint density at radius 2 is 1.96 bits per heavy atom. The number of halogens is 1. The molecule has 2 heterocycles. The SMILES string of the molecule is COCCN(Cc1ccco1)Cc1c(C)nn(Cc2ccccc2)c1Cl. The Labute approximate surface area is 159 Å². The van der Waals surface area contributed by atoms with Gasteiger partial charge in [-0.3, -0.25) is 4.90 Å². The second-order valence-corrected chi connectivity index (χ2v) is 6.64. The quantitative estimate of drug-likeness (QED) is 0.565. The summed E-state index contributed by atoms with van der Waals surface area (Å²) in [5.41, 5.74) is 3.17. The molecule has 3 aromatic rings. The van der Waals surface area contributed by atoms with Crippen molar-refractivity contribution in [2.75, 3.05) is 20.3 Å². The van der Waals surface area contributed by atoms with E-state index >= 15 is 0 Å². The van der Waals surface area contributed by atoms with Gasteiger partial charge in [0, 0.05) is 25.8 Å². The summed E-state index contributed by atoms with van der Waals surface area (Å²) in [5.74, 6) is 0.923. The summed E-state index contributed by atoms with van der Waals surface area (Å²) >= 11 is 6.66. The fourth-order valence-corrected chi connectivity index (χ4v) is 3.21. The number of rotatable bonds is 9. The highest BCUT2D eigenvalue weighted by atomic mass is 35.5. The Kier molecular flexibility index (Phi) is 6.50. The fourth-order valence-electron chi connectivity index (χ4n) is 2.91. The van der Waals surface area contributed by atoms with Crippen LogP contribution in [-0.2, 0) is 24.4 Å². The highest BCUT2D eigenvalue weighted by Crippen LogP contribution is 2.23. The van der Waals surface area contributed by atoms with Crippen LogP contribution in [0.5, 0.6) is 0 Å². The average Bonchev–Trinajstić information content (AvgIpc) is 3.24. The Hall–Kier alpha value is -2.08. The van der Waals surface area contributed by atoms with Crippen LogP contribution in [0.25, 0.3) is 0 Å². The van der Waals surface area contributed by atoms with Gasteiger partial charge in [-0.1, -0.05) is 41.9 Å². The first-order chi connectivity index (χ1) is 12.7. The molecule has 6 heteroatoms. The topological polar surface area (TPSA) is 43.4 Å². The molecule has 0 aliphatic heterocycles. The van der Waals surface area contributed by atoms with Gasteiger partial charge in [-0.05, 0) is 24.6 Å². The van der Waals surface area contributed by atoms with Crippen molar-refractivity contribution >= 4 is 11.6 Å². The van der Waals surface area contributed by atoms with E-state index in [1.807, 2.05) is 41.9 Å². The molecule has 0 saturated heterocycles. The Bertz CT molecular complexity index is 800. The molecular formula is C20H24ClN3O2. The van der Waals surface area contributed by atoms with E-state index in [1.165, 1.54) is 5.56 Å². The summed E-state index contributed by atoms with van der Waals surface area (Å²) < 4.78 is 12.6. The summed E-state index contributed by atoms with van der Waals surface area (Å²) in [5, 5.41) is 5.33. The number of benzene rings is 1. The number of hydrogen-bond donors (Lipinski definition) is 0. The summed E-state index contributed by atoms with van der Waals surface area (Å²) in [6, 6.07) is 14.1. The predicted molar refractivity (Wildman–Crippen MR) is 102 cm³/mol. The molecule has 0 aliphatic carbocycles. The third kappa shape index (κ3) is 4.75. The first kappa shape index (κ1) is 18.7. The van der Waals surface area contributed by atoms with Crippen LogP contribution in [0.3, 0.4) is 0 Å². The first-order valence-corrected chi connectivity index (χ1v) is 9.04. The van der Waals surface area contributed by atoms with Gasteiger partial charge in [-0.2, -0.15) is 5.10 Å². The monoisotopic (exact) mass is 373 g/mol. The lowest BCUT2D eigenvalue weighted by molar-refractivity contribution is 0.135. The van der Waals surface area contributed by atoms with Crippen LogP contribution >= 0.6 is 11.6 Å². The molecule has 2 aromatic heterocycles. The molecule has 0 fully saturated rings. The molecule has 0 amide bonds. The van der Waals surface area contributed by atoms with Crippen LogP contribution in [-0.4, -0.2) is 34.9 Å². The van der Waals surface area contributed by atoms with Crippen molar-refractivity contribution in [1.82, 2.24) is 14.7 Å². The van der Waals surface area contributed by atoms with E-state index in [2.05, 4.69) is 22.1 Å². The number of hydrogen-bond acceptors (Lipinski definition) is 4. The molecular weight excluding hydrogens is 350 g/mol. The normalized spacial score (nSPS) is 11.4. The minimum atomic E-state index is 0.648. The maximum absolute atomic E-state index is 6.66. The zero-order chi connectivity index (χ0) is 18.4. The molecule has 0 saturated carbocycles. The zero-order valence-electron chi connectivity index (χ0n) is 15.2. The van der Waals surface area contributed by atoms with Crippen LogP contribution in [0.2, 0.25) is 5.15 Å². The van der Waals surface area contributed by atoms with Crippen LogP contribution < -0.4 is 0 Å². The van der Waals surface area contributed by atoms with Crippen LogP contribution in [0.15, 0.2) is 53.1 Å². The van der Waals surface area contributed by atoms with Gasteiger partial charge in [0.05, 0.1) is 31.7 Å². The molecule has 0 aliphatic rings. The van der Waals surface area contributed by atoms with Crippen LogP contribution in [0.4, 0.5) is 0 Å². The van der Waals surface area contributed by atoms with Crippen molar-refractivity contribution in [2.24, 2.45) is 0 Å². The molecule has 0 bridgehead atoms. The minimum Gasteiger partial charge on any atom is -0.468 e. The van der Waals surface area contributed by atoms with E-state index in [0.717, 1.165) is 23.6 Å². The molecule has 0 unspecified atom stereocenters. The van der Waals surface area contributed by atoms with Crippen molar-refractivity contribution in [2.45, 2.75) is 26.6 Å². The van der Waals surface area contributed by atoms with Crippen LogP contribution in [0.1, 0.15) is 22.6 Å². The van der Waals surface area contributed by atoms with Crippen molar-refractivity contribution in [3.8, 4) is 0 Å². The van der Waals surface area contributed by atoms with Gasteiger partial charge in [0.1, 0.15) is 10.9 Å². The van der Waals surface area contributed by atoms with E-state index in [0.29, 0.717) is 31.4 Å². The number of ether oxygens (including phenoxy) is 1. The maximum atomic E-state index is 6.66. The summed E-state index contributed by atoms with van der Waals surface area (Å²) in [6.07, 6.45) is 1.69. The number of nitrogens with zero attached hydrogens (tertiary/aromatic N) is 3. The third-order valence-corrected chi connectivity index (χ3v) is 4.73. The zero-order valence-corrected chi connectivity index (χ0v) is 15.9. The number of aromatic nitrogens is 2. The van der Waals surface area contributed by atoms with Crippen molar-refractivity contribution in [3.05, 3.63) is 76.5 Å². The largest absolute Gasteiger partial charge is 0.468 e. The average molecular weight is 374 g/mol. The maximum Gasteiger partial charge on any atom is 0.132 e. The van der Waals surface area contributed by atoms with E-state index in [1.54, 1.807) is 13.4 Å². The second-order valence-electron chi connectivity index (χ2n) is 6.28. The molecule has 138 valence electrons. The highest BCUT2D eigenvalue weighted by molar-refractivity contribution is 6.30. The van der Waals surface area contributed by atoms with Crippen molar-refractivity contribution in [3.63, 3.8) is 0 Å². The van der Waals surface area contributed by atoms with E-state index in [9.17, 15) is 0 Å². The van der Waals surface area contributed by atoms with Gasteiger partial charge in [-0.15, -0.1) is 0 Å². The van der Waals surface area contributed by atoms with Gasteiger partial charge in [0.15, 0.2) is 0 Å². The molecule has 3 rings (SSSR count). The van der Waals surface area contributed by atoms with Gasteiger partial charge in [-0.25, -0.2) is 4.68 Å². The highest BCUT2D eigenvalue weighted by Gasteiger charge is 2.18. The van der Waals surface area contributed by atoms with Gasteiger partial charge >= 0.3 is 0 Å². The molecule has 5 nitrogen and oxygen atoms in total. The van der Waals surface area contributed by atoms with Crippen molar-refractivity contribution < 1.29 is 9.15 Å². The van der Waals surface area contributed by atoms with Gasteiger partial charge in [0.2, 0.25) is 0 Å². The standard InChI is InChI=1S/C20H24ClN3O2/c1-16-19(15-23(10-12-25-2)14-18-9-6-11-26-18)20(21)24(22-16)13-17-7-4-3-5-8-17/h3-9,11H,10,12-15H2,1-2H3. The first-order valence-electron chi connectivity index (χ1n) is 8.66. The lowest BCUT2D eigenvalue weighted by Crippen LogP contribution is -2.26. The Balaban J connectivity index is 1.76. The minimum absolute atomic E-state index is 0.648. The second kappa shape index (κ2) is 9.03. The lowest BCUT2D eigenvalue weighted by atomic mass is 10.2. The van der Waals surface area contributed by atoms with Gasteiger partial charge in [0.25, 0.3) is 0 Å². The predicted octanol–water partition coefficient (Wildman–Crippen LogP) is 4.13. The molecule has 0 atom stereocenters. The summed E-state index contributed by atoms with van der Waals surface area (Å²) in [4.78, 5) is 2.26. The Morgan fingerprint density at radius 1 is 1.15 bits per heavy atom. The molecule has 0 spiro atoms. The van der Waals surface area contributed by atoms with E-state index in [4.69, 9.17) is 20.8 Å². The van der Waals surface area contributed by atoms with Crippen LogP contribution in [0, 0.1) is 6.92 Å². The van der Waals surface area contributed by atoms with Gasteiger partial charge < -0.3 is 9.15 Å². The number of aryl methyl sites for hydroxylation is 1. The number of methoxy groups -OCH3 is 1. The fraction of sp³-hybridized carbons (Fsp3) is 0.350. The smallest absolute Gasteiger partial charge is 0.132 e. The third-order valence-electron chi connectivity index (χ3n) is 4.31. The van der Waals surface area contributed by atoms with E-state index < -0.39 is 0 Å².